The zero-order chi connectivity index (χ0) is 25.1. The second-order valence-corrected chi connectivity index (χ2v) is 12.1. The molecular formula is C27H31N3O4S2. The molecule has 3 atom stereocenters. The van der Waals surface area contributed by atoms with Gasteiger partial charge in [-0.2, -0.15) is 0 Å². The van der Waals surface area contributed by atoms with Gasteiger partial charge in [0.1, 0.15) is 11.4 Å². The van der Waals surface area contributed by atoms with Gasteiger partial charge in [-0.05, 0) is 24.0 Å². The average Bonchev–Trinajstić information content (AvgIpc) is 2.92. The topological polar surface area (TPSA) is 102 Å². The largest absolute Gasteiger partial charge is 0.451 e. The van der Waals surface area contributed by atoms with Gasteiger partial charge in [-0.25, -0.2) is 4.79 Å². The highest BCUT2D eigenvalue weighted by atomic mass is 32.2. The third-order valence-electron chi connectivity index (χ3n) is 7.11. The zero-order valence-corrected chi connectivity index (χ0v) is 21.6. The Labute approximate surface area is 219 Å². The van der Waals surface area contributed by atoms with E-state index in [1.165, 1.54) is 29.9 Å². The van der Waals surface area contributed by atoms with E-state index in [-0.39, 0.29) is 28.3 Å². The molecule has 2 unspecified atom stereocenters. The van der Waals surface area contributed by atoms with Crippen molar-refractivity contribution < 1.29 is 19.1 Å². The van der Waals surface area contributed by atoms with Crippen LogP contribution in [0, 0.1) is 0 Å². The Kier molecular flexibility index (Phi) is 7.60. The van der Waals surface area contributed by atoms with Crippen LogP contribution in [0.3, 0.4) is 0 Å². The first kappa shape index (κ1) is 25.2. The molecular weight excluding hydrogens is 494 g/mol. The minimum atomic E-state index is -1.35. The van der Waals surface area contributed by atoms with Crippen molar-refractivity contribution in [2.45, 2.75) is 60.4 Å². The van der Waals surface area contributed by atoms with Crippen LogP contribution in [0.1, 0.15) is 49.3 Å². The lowest BCUT2D eigenvalue weighted by Crippen LogP contribution is -2.76. The molecule has 2 aromatic rings. The lowest BCUT2D eigenvalue weighted by Gasteiger charge is -2.53. The van der Waals surface area contributed by atoms with Gasteiger partial charge in [0.05, 0.1) is 6.54 Å². The van der Waals surface area contributed by atoms with Gasteiger partial charge >= 0.3 is 5.97 Å². The molecule has 0 aromatic heterocycles. The number of thioether (sulfide) groups is 2. The van der Waals surface area contributed by atoms with Crippen LogP contribution in [0.5, 0.6) is 0 Å². The molecule has 2 amide bonds. The fourth-order valence-corrected chi connectivity index (χ4v) is 7.63. The SMILES string of the molecule is NC1C(=O)N2CC(NC(=O)SC3CCCCC3)(C(=O)OC(c3ccccc3)c3ccccc3)CS[C@H]12. The van der Waals surface area contributed by atoms with Gasteiger partial charge in [0.25, 0.3) is 5.24 Å². The number of carbonyl (C=O) groups excluding carboxylic acids is 3. The van der Waals surface area contributed by atoms with Crippen molar-refractivity contribution in [1.29, 1.82) is 0 Å². The van der Waals surface area contributed by atoms with Crippen LogP contribution in [0.15, 0.2) is 60.7 Å². The number of amides is 2. The van der Waals surface area contributed by atoms with Crippen LogP contribution < -0.4 is 11.1 Å². The zero-order valence-electron chi connectivity index (χ0n) is 20.0. The smallest absolute Gasteiger partial charge is 0.335 e. The van der Waals surface area contributed by atoms with Crippen molar-refractivity contribution in [2.75, 3.05) is 12.3 Å². The van der Waals surface area contributed by atoms with Gasteiger partial charge in [0, 0.05) is 11.0 Å². The van der Waals surface area contributed by atoms with E-state index in [1.807, 2.05) is 60.7 Å². The molecule has 0 spiro atoms. The second-order valence-electron chi connectivity index (χ2n) is 9.67. The summed E-state index contributed by atoms with van der Waals surface area (Å²) in [5.41, 5.74) is 6.29. The number of nitrogens with one attached hydrogen (secondary N) is 1. The fourth-order valence-electron chi connectivity index (χ4n) is 5.09. The molecule has 9 heteroatoms. The number of β-lactam (4-membered cyclic amide) rings is 1. The fraction of sp³-hybridized carbons (Fsp3) is 0.444. The van der Waals surface area contributed by atoms with E-state index >= 15 is 0 Å². The number of hydrogen-bond acceptors (Lipinski definition) is 7. The molecule has 3 N–H and O–H groups in total. The monoisotopic (exact) mass is 525 g/mol. The van der Waals surface area contributed by atoms with Crippen molar-refractivity contribution >= 4 is 40.6 Å². The Balaban J connectivity index is 1.40. The summed E-state index contributed by atoms with van der Waals surface area (Å²) in [5.74, 6) is -0.459. The summed E-state index contributed by atoms with van der Waals surface area (Å²) >= 11 is 2.69. The van der Waals surface area contributed by atoms with E-state index in [9.17, 15) is 14.4 Å². The van der Waals surface area contributed by atoms with Crippen LogP contribution in [0.4, 0.5) is 4.79 Å². The van der Waals surface area contributed by atoms with Gasteiger partial charge in [-0.1, -0.05) is 91.7 Å². The van der Waals surface area contributed by atoms with Crippen LogP contribution >= 0.6 is 23.5 Å². The minimum Gasteiger partial charge on any atom is -0.451 e. The van der Waals surface area contributed by atoms with Crippen LogP contribution in [-0.2, 0) is 14.3 Å². The summed E-state index contributed by atoms with van der Waals surface area (Å²) in [4.78, 5) is 41.2. The molecule has 2 aromatic carbocycles. The summed E-state index contributed by atoms with van der Waals surface area (Å²) in [6.07, 6.45) is 4.78. The lowest BCUT2D eigenvalue weighted by molar-refractivity contribution is -0.159. The number of ether oxygens (including phenoxy) is 1. The Hall–Kier alpha value is -2.49. The van der Waals surface area contributed by atoms with E-state index in [1.54, 1.807) is 4.90 Å². The Bertz CT molecular complexity index is 1060. The van der Waals surface area contributed by atoms with E-state index in [0.29, 0.717) is 5.75 Å². The number of esters is 1. The minimum absolute atomic E-state index is 0.0588. The number of benzene rings is 2. The quantitative estimate of drug-likeness (QED) is 0.433. The highest BCUT2D eigenvalue weighted by Gasteiger charge is 2.57. The Morgan fingerprint density at radius 1 is 1.03 bits per heavy atom. The number of carbonyl (C=O) groups is 3. The standard InChI is InChI=1S/C27H31N3O4S2/c28-21-23(31)30-16-27(17-35-24(21)30,29-26(33)36-20-14-8-3-9-15-20)25(32)34-22(18-10-4-1-5-11-18)19-12-6-2-7-13-19/h1-2,4-7,10-13,20-22,24H,3,8-9,14-17,28H2,(H,29,33)/t21?,24-,27?/m1/s1. The highest BCUT2D eigenvalue weighted by Crippen LogP contribution is 2.40. The van der Waals surface area contributed by atoms with Crippen molar-refractivity contribution in [2.24, 2.45) is 5.73 Å². The van der Waals surface area contributed by atoms with Crippen molar-refractivity contribution in [1.82, 2.24) is 10.2 Å². The van der Waals surface area contributed by atoms with Crippen molar-refractivity contribution in [3.63, 3.8) is 0 Å². The average molecular weight is 526 g/mol. The molecule has 5 rings (SSSR count). The molecule has 0 bridgehead atoms. The first-order valence-corrected chi connectivity index (χ1v) is 14.4. The molecule has 1 saturated carbocycles. The van der Waals surface area contributed by atoms with Crippen LogP contribution in [0.2, 0.25) is 0 Å². The number of hydrogen-bond donors (Lipinski definition) is 2. The number of nitrogens with zero attached hydrogens (tertiary/aromatic N) is 1. The molecule has 2 heterocycles. The number of fused-ring (bicyclic) bond motifs is 1. The summed E-state index contributed by atoms with van der Waals surface area (Å²) in [6.45, 7) is 0.0588. The number of nitrogens with two attached hydrogens (primary N) is 1. The Morgan fingerprint density at radius 2 is 1.64 bits per heavy atom. The maximum absolute atomic E-state index is 13.9. The van der Waals surface area contributed by atoms with E-state index in [0.717, 1.165) is 36.8 Å². The molecule has 190 valence electrons. The van der Waals surface area contributed by atoms with E-state index in [2.05, 4.69) is 5.32 Å². The highest BCUT2D eigenvalue weighted by molar-refractivity contribution is 8.14. The summed E-state index contributed by atoms with van der Waals surface area (Å²) in [6, 6.07) is 18.5. The third kappa shape index (κ3) is 5.14. The van der Waals surface area contributed by atoms with E-state index < -0.39 is 23.7 Å². The molecule has 0 radical (unpaired) electrons. The van der Waals surface area contributed by atoms with Gasteiger partial charge in [-0.3, -0.25) is 9.59 Å². The van der Waals surface area contributed by atoms with Gasteiger partial charge in [0.2, 0.25) is 5.91 Å². The van der Waals surface area contributed by atoms with Crippen molar-refractivity contribution in [3.8, 4) is 0 Å². The maximum Gasteiger partial charge on any atom is 0.335 e. The molecule has 2 aliphatic heterocycles. The summed E-state index contributed by atoms with van der Waals surface area (Å²) < 4.78 is 6.18. The predicted molar refractivity (Wildman–Crippen MR) is 142 cm³/mol. The van der Waals surface area contributed by atoms with Gasteiger partial charge < -0.3 is 20.7 Å². The second kappa shape index (κ2) is 10.9. The van der Waals surface area contributed by atoms with Gasteiger partial charge in [0.15, 0.2) is 11.6 Å². The predicted octanol–water partition coefficient (Wildman–Crippen LogP) is 4.08. The molecule has 1 aliphatic carbocycles. The maximum atomic E-state index is 13.9. The van der Waals surface area contributed by atoms with E-state index in [4.69, 9.17) is 10.5 Å². The molecule has 3 aliphatic rings. The molecule has 2 saturated heterocycles. The summed E-state index contributed by atoms with van der Waals surface area (Å²) in [7, 11) is 0. The number of rotatable bonds is 6. The lowest BCUT2D eigenvalue weighted by atomic mass is 9.96. The first-order chi connectivity index (χ1) is 17.5. The molecule has 3 fully saturated rings. The Morgan fingerprint density at radius 3 is 2.25 bits per heavy atom. The first-order valence-electron chi connectivity index (χ1n) is 12.4. The third-order valence-corrected chi connectivity index (χ3v) is 9.78. The summed E-state index contributed by atoms with van der Waals surface area (Å²) in [5, 5.41) is 2.82. The van der Waals surface area contributed by atoms with Crippen LogP contribution in [-0.4, -0.2) is 56.5 Å². The molecule has 36 heavy (non-hydrogen) atoms. The normalized spacial score (nSPS) is 26.2. The van der Waals surface area contributed by atoms with Crippen molar-refractivity contribution in [3.05, 3.63) is 71.8 Å². The van der Waals surface area contributed by atoms with Crippen LogP contribution in [0.25, 0.3) is 0 Å². The van der Waals surface area contributed by atoms with Gasteiger partial charge in [-0.15, -0.1) is 11.8 Å². The molecule has 7 nitrogen and oxygen atoms in total.